The predicted octanol–water partition coefficient (Wildman–Crippen LogP) is 4.53. The Labute approximate surface area is 219 Å². The van der Waals surface area contributed by atoms with Crippen LogP contribution in [0.1, 0.15) is 57.1 Å². The Morgan fingerprint density at radius 1 is 1.03 bits per heavy atom. The maximum atomic E-state index is 13.8. The predicted molar refractivity (Wildman–Crippen MR) is 144 cm³/mol. The molecule has 1 saturated carbocycles. The van der Waals surface area contributed by atoms with Gasteiger partial charge in [0.2, 0.25) is 21.8 Å². The van der Waals surface area contributed by atoms with E-state index in [1.54, 1.807) is 24.3 Å². The van der Waals surface area contributed by atoms with Crippen LogP contribution in [-0.4, -0.2) is 50.0 Å². The van der Waals surface area contributed by atoms with Crippen LogP contribution in [0.5, 0.6) is 0 Å². The fourth-order valence-corrected chi connectivity index (χ4v) is 5.82. The van der Waals surface area contributed by atoms with Crippen LogP contribution in [0.25, 0.3) is 0 Å². The molecule has 2 aromatic carbocycles. The number of carbonyl (C=O) groups is 2. The molecule has 36 heavy (non-hydrogen) atoms. The Kier molecular flexibility index (Phi) is 9.79. The van der Waals surface area contributed by atoms with Gasteiger partial charge in [-0.2, -0.15) is 0 Å². The molecule has 0 bridgehead atoms. The highest BCUT2D eigenvalue weighted by atomic mass is 35.5. The number of hydrogen-bond donors (Lipinski definition) is 1. The van der Waals surface area contributed by atoms with E-state index in [-0.39, 0.29) is 18.5 Å². The van der Waals surface area contributed by atoms with Gasteiger partial charge in [-0.25, -0.2) is 8.42 Å². The molecule has 1 aliphatic rings. The summed E-state index contributed by atoms with van der Waals surface area (Å²) in [7, 11) is -3.77. The second-order valence-electron chi connectivity index (χ2n) is 9.28. The molecule has 0 radical (unpaired) electrons. The third-order valence-corrected chi connectivity index (χ3v) is 8.20. The zero-order chi connectivity index (χ0) is 26.3. The van der Waals surface area contributed by atoms with Crippen molar-refractivity contribution >= 4 is 39.1 Å². The van der Waals surface area contributed by atoms with Gasteiger partial charge >= 0.3 is 0 Å². The van der Waals surface area contributed by atoms with Crippen LogP contribution in [0, 0.1) is 0 Å². The number of benzene rings is 2. The summed E-state index contributed by atoms with van der Waals surface area (Å²) in [6, 6.07) is 13.7. The zero-order valence-electron chi connectivity index (χ0n) is 21.2. The highest BCUT2D eigenvalue weighted by Gasteiger charge is 2.33. The molecule has 0 aliphatic heterocycles. The van der Waals surface area contributed by atoms with Crippen molar-refractivity contribution in [3.8, 4) is 0 Å². The minimum absolute atomic E-state index is 0.0993. The first-order valence-electron chi connectivity index (χ1n) is 12.5. The largest absolute Gasteiger partial charge is 0.352 e. The number of amides is 2. The normalized spacial score (nSPS) is 14.9. The first-order valence-corrected chi connectivity index (χ1v) is 14.8. The average molecular weight is 534 g/mol. The molecule has 2 aromatic rings. The van der Waals surface area contributed by atoms with E-state index in [9.17, 15) is 18.0 Å². The van der Waals surface area contributed by atoms with Gasteiger partial charge in [0.15, 0.2) is 0 Å². The molecule has 1 aliphatic carbocycles. The van der Waals surface area contributed by atoms with Gasteiger partial charge < -0.3 is 10.2 Å². The lowest BCUT2D eigenvalue weighted by molar-refractivity contribution is -0.140. The number of aryl methyl sites for hydroxylation is 1. The van der Waals surface area contributed by atoms with Crippen LogP contribution >= 0.6 is 11.6 Å². The number of nitrogens with zero attached hydrogens (tertiary/aromatic N) is 2. The van der Waals surface area contributed by atoms with Crippen molar-refractivity contribution in [3.63, 3.8) is 0 Å². The number of halogens is 1. The molecule has 0 spiro atoms. The molecule has 1 fully saturated rings. The molecule has 0 heterocycles. The maximum Gasteiger partial charge on any atom is 0.244 e. The number of nitrogens with one attached hydrogen (secondary N) is 1. The first-order chi connectivity index (χ1) is 17.2. The number of rotatable bonds is 11. The highest BCUT2D eigenvalue weighted by molar-refractivity contribution is 7.92. The van der Waals surface area contributed by atoms with Gasteiger partial charge in [0, 0.05) is 17.6 Å². The fraction of sp³-hybridized carbons (Fsp3) is 0.481. The molecular formula is C27H36ClN3O4S. The van der Waals surface area contributed by atoms with Crippen molar-refractivity contribution in [1.82, 2.24) is 10.2 Å². The summed E-state index contributed by atoms with van der Waals surface area (Å²) in [5, 5.41) is 3.59. The Balaban J connectivity index is 1.96. The summed E-state index contributed by atoms with van der Waals surface area (Å²) < 4.78 is 26.8. The van der Waals surface area contributed by atoms with Gasteiger partial charge in [-0.3, -0.25) is 13.9 Å². The van der Waals surface area contributed by atoms with E-state index in [4.69, 9.17) is 11.6 Å². The van der Waals surface area contributed by atoms with E-state index in [1.807, 2.05) is 38.1 Å². The Morgan fingerprint density at radius 3 is 2.22 bits per heavy atom. The smallest absolute Gasteiger partial charge is 0.244 e. The molecular weight excluding hydrogens is 498 g/mol. The third-order valence-electron chi connectivity index (χ3n) is 6.71. The fourth-order valence-electron chi connectivity index (χ4n) is 4.75. The van der Waals surface area contributed by atoms with E-state index < -0.39 is 28.5 Å². The molecule has 9 heteroatoms. The average Bonchev–Trinajstić information content (AvgIpc) is 3.35. The zero-order valence-corrected chi connectivity index (χ0v) is 22.8. The van der Waals surface area contributed by atoms with E-state index in [0.717, 1.165) is 41.8 Å². The van der Waals surface area contributed by atoms with Crippen LogP contribution in [-0.2, 0) is 32.6 Å². The monoisotopic (exact) mass is 533 g/mol. The molecule has 0 saturated heterocycles. The standard InChI is InChI=1S/C27H36ClN3O4S/c1-4-20-12-7-11-17-25(20)31(36(3,34)35)19-26(32)30(18-21-13-6-10-16-23(21)28)24(5-2)27(33)29-22-14-8-9-15-22/h6-7,10-13,16-17,22,24H,4-5,8-9,14-15,18-19H2,1-3H3,(H,29,33)/t24-/m0/s1. The summed E-state index contributed by atoms with van der Waals surface area (Å²) in [6.07, 6.45) is 6.09. The van der Waals surface area contributed by atoms with Crippen molar-refractivity contribution in [2.45, 2.75) is 71.0 Å². The number of hydrogen-bond acceptors (Lipinski definition) is 4. The van der Waals surface area contributed by atoms with E-state index in [2.05, 4.69) is 5.32 Å². The highest BCUT2D eigenvalue weighted by Crippen LogP contribution is 2.26. The molecule has 3 rings (SSSR count). The van der Waals surface area contributed by atoms with Crippen LogP contribution in [0.3, 0.4) is 0 Å². The Bertz CT molecular complexity index is 1170. The summed E-state index contributed by atoms with van der Waals surface area (Å²) in [6.45, 7) is 3.48. The van der Waals surface area contributed by atoms with E-state index in [0.29, 0.717) is 29.1 Å². The maximum absolute atomic E-state index is 13.8. The van der Waals surface area contributed by atoms with Crippen molar-refractivity contribution < 1.29 is 18.0 Å². The van der Waals surface area contributed by atoms with Crippen molar-refractivity contribution in [1.29, 1.82) is 0 Å². The van der Waals surface area contributed by atoms with Gasteiger partial charge in [-0.1, -0.05) is 74.7 Å². The Hall–Kier alpha value is -2.58. The minimum Gasteiger partial charge on any atom is -0.352 e. The molecule has 7 nitrogen and oxygen atoms in total. The van der Waals surface area contributed by atoms with Crippen molar-refractivity contribution in [2.75, 3.05) is 17.1 Å². The number of carbonyl (C=O) groups excluding carboxylic acids is 2. The molecule has 1 atom stereocenters. The number of para-hydroxylation sites is 1. The van der Waals surface area contributed by atoms with Gasteiger partial charge in [0.25, 0.3) is 0 Å². The molecule has 196 valence electrons. The van der Waals surface area contributed by atoms with E-state index in [1.165, 1.54) is 4.90 Å². The lowest BCUT2D eigenvalue weighted by Crippen LogP contribution is -2.53. The lowest BCUT2D eigenvalue weighted by atomic mass is 10.1. The van der Waals surface area contributed by atoms with Crippen LogP contribution in [0.2, 0.25) is 5.02 Å². The molecule has 0 unspecified atom stereocenters. The Morgan fingerprint density at radius 2 is 1.64 bits per heavy atom. The SMILES string of the molecule is CCc1ccccc1N(CC(=O)N(Cc1ccccc1Cl)[C@@H](CC)C(=O)NC1CCCC1)S(C)(=O)=O. The topological polar surface area (TPSA) is 86.8 Å². The van der Waals surface area contributed by atoms with Crippen LogP contribution in [0.15, 0.2) is 48.5 Å². The van der Waals surface area contributed by atoms with Crippen molar-refractivity contribution in [2.24, 2.45) is 0 Å². The number of anilines is 1. The van der Waals surface area contributed by atoms with Crippen LogP contribution in [0.4, 0.5) is 5.69 Å². The molecule has 1 N–H and O–H groups in total. The van der Waals surface area contributed by atoms with Crippen molar-refractivity contribution in [3.05, 3.63) is 64.7 Å². The summed E-state index contributed by atoms with van der Waals surface area (Å²) in [5.74, 6) is -0.677. The quantitative estimate of drug-likeness (QED) is 0.459. The molecule has 0 aromatic heterocycles. The summed E-state index contributed by atoms with van der Waals surface area (Å²) in [4.78, 5) is 28.6. The minimum atomic E-state index is -3.77. The summed E-state index contributed by atoms with van der Waals surface area (Å²) >= 11 is 6.41. The second-order valence-corrected chi connectivity index (χ2v) is 11.6. The first kappa shape index (κ1) is 28.0. The lowest BCUT2D eigenvalue weighted by Gasteiger charge is -2.34. The van der Waals surface area contributed by atoms with E-state index >= 15 is 0 Å². The van der Waals surface area contributed by atoms with Gasteiger partial charge in [0.1, 0.15) is 12.6 Å². The van der Waals surface area contributed by atoms with Gasteiger partial charge in [-0.05, 0) is 48.9 Å². The summed E-state index contributed by atoms with van der Waals surface area (Å²) in [5.41, 5.74) is 1.98. The van der Waals surface area contributed by atoms with Gasteiger partial charge in [-0.15, -0.1) is 0 Å². The second kappa shape index (κ2) is 12.6. The third kappa shape index (κ3) is 7.01. The van der Waals surface area contributed by atoms with Gasteiger partial charge in [0.05, 0.1) is 11.9 Å². The van der Waals surface area contributed by atoms with Crippen LogP contribution < -0.4 is 9.62 Å². The number of sulfonamides is 1. The molecule has 2 amide bonds.